The lowest BCUT2D eigenvalue weighted by Gasteiger charge is -2.31. The molecule has 15 heavy (non-hydrogen) atoms. The van der Waals surface area contributed by atoms with E-state index >= 15 is 0 Å². The Labute approximate surface area is 89.5 Å². The van der Waals surface area contributed by atoms with E-state index in [4.69, 9.17) is 14.2 Å². The molecule has 1 saturated carbocycles. The summed E-state index contributed by atoms with van der Waals surface area (Å²) >= 11 is 0. The predicted molar refractivity (Wildman–Crippen MR) is 52.0 cm³/mol. The summed E-state index contributed by atoms with van der Waals surface area (Å²) in [5.74, 6) is 0.224. The number of aliphatic hydroxyl groups excluding tert-OH is 1. The summed E-state index contributed by atoms with van der Waals surface area (Å²) in [7, 11) is 0. The SMILES string of the molecule is CC1(C)O[C@H]2C[C@@H]3CO[C@@H](O)[C@@H]3C[C@H]2O1. The van der Waals surface area contributed by atoms with Crippen molar-refractivity contribution in [2.24, 2.45) is 11.8 Å². The first kappa shape index (κ1) is 10.0. The number of fused-ring (bicyclic) bond motifs is 2. The molecule has 3 fully saturated rings. The Morgan fingerprint density at radius 3 is 2.53 bits per heavy atom. The van der Waals surface area contributed by atoms with Gasteiger partial charge in [-0.1, -0.05) is 0 Å². The molecule has 0 amide bonds. The van der Waals surface area contributed by atoms with E-state index in [1.54, 1.807) is 0 Å². The number of rotatable bonds is 0. The van der Waals surface area contributed by atoms with Crippen molar-refractivity contribution in [1.82, 2.24) is 0 Å². The standard InChI is InChI=1S/C11H18O4/c1-11(2)14-8-3-6-5-13-10(12)7(6)4-9(8)15-11/h6-10,12H,3-5H2,1-2H3/t6-,7-,8+,9-,10-/m1/s1. The van der Waals surface area contributed by atoms with Gasteiger partial charge in [0, 0.05) is 5.92 Å². The second kappa shape index (κ2) is 3.17. The Bertz CT molecular complexity index is 265. The molecule has 0 spiro atoms. The fraction of sp³-hybridized carbons (Fsp3) is 1.00. The summed E-state index contributed by atoms with van der Waals surface area (Å²) in [5, 5.41) is 9.66. The fourth-order valence-corrected chi connectivity index (χ4v) is 3.13. The van der Waals surface area contributed by atoms with Crippen LogP contribution in [0.25, 0.3) is 0 Å². The molecule has 0 aromatic rings. The van der Waals surface area contributed by atoms with E-state index in [-0.39, 0.29) is 18.1 Å². The third kappa shape index (κ3) is 1.60. The maximum atomic E-state index is 9.66. The van der Waals surface area contributed by atoms with Crippen LogP contribution in [-0.2, 0) is 14.2 Å². The molecule has 1 aliphatic carbocycles. The summed E-state index contributed by atoms with van der Waals surface area (Å²) in [6.07, 6.45) is 1.55. The lowest BCUT2D eigenvalue weighted by Crippen LogP contribution is -2.38. The first-order chi connectivity index (χ1) is 7.05. The highest BCUT2D eigenvalue weighted by Gasteiger charge is 2.51. The van der Waals surface area contributed by atoms with E-state index in [1.165, 1.54) is 0 Å². The van der Waals surface area contributed by atoms with Crippen molar-refractivity contribution in [1.29, 1.82) is 0 Å². The summed E-state index contributed by atoms with van der Waals surface area (Å²) in [6.45, 7) is 4.57. The van der Waals surface area contributed by atoms with Crippen LogP contribution < -0.4 is 0 Å². The van der Waals surface area contributed by atoms with Crippen LogP contribution in [0.15, 0.2) is 0 Å². The number of ether oxygens (including phenoxy) is 3. The van der Waals surface area contributed by atoms with E-state index < -0.39 is 12.1 Å². The lowest BCUT2D eigenvalue weighted by molar-refractivity contribution is -0.148. The zero-order chi connectivity index (χ0) is 10.6. The molecule has 4 heteroatoms. The van der Waals surface area contributed by atoms with Gasteiger partial charge in [-0.15, -0.1) is 0 Å². The van der Waals surface area contributed by atoms with E-state index in [0.717, 1.165) is 12.8 Å². The average Bonchev–Trinajstić information content (AvgIpc) is 2.62. The van der Waals surface area contributed by atoms with Gasteiger partial charge in [-0.25, -0.2) is 0 Å². The summed E-state index contributed by atoms with van der Waals surface area (Å²) < 4.78 is 16.9. The Hall–Kier alpha value is -0.160. The van der Waals surface area contributed by atoms with Gasteiger partial charge in [-0.05, 0) is 32.6 Å². The quantitative estimate of drug-likeness (QED) is 0.650. The highest BCUT2D eigenvalue weighted by molar-refractivity contribution is 4.95. The fourth-order valence-electron chi connectivity index (χ4n) is 3.13. The first-order valence-corrected chi connectivity index (χ1v) is 5.70. The maximum absolute atomic E-state index is 9.66. The van der Waals surface area contributed by atoms with Crippen molar-refractivity contribution in [2.75, 3.05) is 6.61 Å². The number of hydrogen-bond acceptors (Lipinski definition) is 4. The van der Waals surface area contributed by atoms with Crippen LogP contribution in [-0.4, -0.2) is 36.0 Å². The Morgan fingerprint density at radius 2 is 1.80 bits per heavy atom. The molecule has 0 aromatic carbocycles. The summed E-state index contributed by atoms with van der Waals surface area (Å²) in [4.78, 5) is 0. The molecule has 5 atom stereocenters. The zero-order valence-corrected chi connectivity index (χ0v) is 9.18. The minimum atomic E-state index is -0.594. The third-order valence-electron chi connectivity index (χ3n) is 3.78. The molecule has 0 aromatic heterocycles. The Balaban J connectivity index is 1.75. The normalized spacial score (nSPS) is 52.6. The smallest absolute Gasteiger partial charge is 0.163 e. The first-order valence-electron chi connectivity index (χ1n) is 5.70. The van der Waals surface area contributed by atoms with Crippen LogP contribution in [0.4, 0.5) is 0 Å². The second-order valence-electron chi connectivity index (χ2n) is 5.33. The Kier molecular flexibility index (Phi) is 2.12. The zero-order valence-electron chi connectivity index (χ0n) is 9.18. The monoisotopic (exact) mass is 214 g/mol. The van der Waals surface area contributed by atoms with Gasteiger partial charge in [0.25, 0.3) is 0 Å². The minimum Gasteiger partial charge on any atom is -0.368 e. The predicted octanol–water partition coefficient (Wildman–Crippen LogP) is 0.881. The minimum absolute atomic E-state index is 0.137. The highest BCUT2D eigenvalue weighted by Crippen LogP contribution is 2.45. The van der Waals surface area contributed by atoms with Crippen molar-refractivity contribution in [3.8, 4) is 0 Å². The van der Waals surface area contributed by atoms with Gasteiger partial charge >= 0.3 is 0 Å². The molecule has 3 aliphatic rings. The van der Waals surface area contributed by atoms with Crippen LogP contribution in [0.1, 0.15) is 26.7 Å². The average molecular weight is 214 g/mol. The summed E-state index contributed by atoms with van der Waals surface area (Å²) in [5.41, 5.74) is 0. The van der Waals surface area contributed by atoms with E-state index in [9.17, 15) is 5.11 Å². The molecule has 3 rings (SSSR count). The van der Waals surface area contributed by atoms with Crippen molar-refractivity contribution in [3.05, 3.63) is 0 Å². The van der Waals surface area contributed by atoms with Gasteiger partial charge in [0.15, 0.2) is 12.1 Å². The molecule has 2 saturated heterocycles. The lowest BCUT2D eigenvalue weighted by atomic mass is 9.78. The van der Waals surface area contributed by atoms with Crippen LogP contribution in [0.5, 0.6) is 0 Å². The van der Waals surface area contributed by atoms with Gasteiger partial charge in [-0.3, -0.25) is 0 Å². The van der Waals surface area contributed by atoms with Gasteiger partial charge in [0.2, 0.25) is 0 Å². The topological polar surface area (TPSA) is 47.9 Å². The van der Waals surface area contributed by atoms with Gasteiger partial charge < -0.3 is 19.3 Å². The van der Waals surface area contributed by atoms with E-state index in [0.29, 0.717) is 12.5 Å². The molecule has 2 aliphatic heterocycles. The Morgan fingerprint density at radius 1 is 1.13 bits per heavy atom. The van der Waals surface area contributed by atoms with Crippen LogP contribution in [0, 0.1) is 11.8 Å². The largest absolute Gasteiger partial charge is 0.368 e. The molecule has 0 radical (unpaired) electrons. The van der Waals surface area contributed by atoms with Gasteiger partial charge in [0.1, 0.15) is 0 Å². The van der Waals surface area contributed by atoms with Crippen molar-refractivity contribution < 1.29 is 19.3 Å². The second-order valence-corrected chi connectivity index (χ2v) is 5.33. The van der Waals surface area contributed by atoms with Crippen molar-refractivity contribution in [2.45, 2.75) is 51.0 Å². The molecular weight excluding hydrogens is 196 g/mol. The highest BCUT2D eigenvalue weighted by atomic mass is 16.8. The molecule has 1 N–H and O–H groups in total. The van der Waals surface area contributed by atoms with Crippen molar-refractivity contribution >= 4 is 0 Å². The summed E-state index contributed by atoms with van der Waals surface area (Å²) in [6, 6.07) is 0. The van der Waals surface area contributed by atoms with Crippen LogP contribution in [0.2, 0.25) is 0 Å². The molecule has 86 valence electrons. The number of hydrogen-bond donors (Lipinski definition) is 1. The number of aliphatic hydroxyl groups is 1. The molecule has 2 heterocycles. The van der Waals surface area contributed by atoms with Crippen LogP contribution in [0.3, 0.4) is 0 Å². The maximum Gasteiger partial charge on any atom is 0.163 e. The van der Waals surface area contributed by atoms with Crippen molar-refractivity contribution in [3.63, 3.8) is 0 Å². The van der Waals surface area contributed by atoms with Crippen LogP contribution >= 0.6 is 0 Å². The molecule has 0 bridgehead atoms. The van der Waals surface area contributed by atoms with E-state index in [1.807, 2.05) is 13.8 Å². The molecule has 4 nitrogen and oxygen atoms in total. The van der Waals surface area contributed by atoms with Gasteiger partial charge in [0.05, 0.1) is 18.8 Å². The van der Waals surface area contributed by atoms with E-state index in [2.05, 4.69) is 0 Å². The van der Waals surface area contributed by atoms with Gasteiger partial charge in [-0.2, -0.15) is 0 Å². The molecular formula is C11H18O4. The molecule has 0 unspecified atom stereocenters. The third-order valence-corrected chi connectivity index (χ3v) is 3.78.